The van der Waals surface area contributed by atoms with Gasteiger partial charge in [0.15, 0.2) is 0 Å². The highest BCUT2D eigenvalue weighted by molar-refractivity contribution is 5.93. The van der Waals surface area contributed by atoms with Gasteiger partial charge in [-0.05, 0) is 61.0 Å². The molecule has 0 atom stereocenters. The van der Waals surface area contributed by atoms with E-state index in [0.717, 1.165) is 11.3 Å². The number of nitrogens with zero attached hydrogens (tertiary/aromatic N) is 4. The molecular formula is C23H19F3N4O3. The number of ether oxygens (including phenoxy) is 1. The third kappa shape index (κ3) is 5.22. The third-order valence-corrected chi connectivity index (χ3v) is 4.89. The van der Waals surface area contributed by atoms with E-state index in [2.05, 4.69) is 14.9 Å². The fourth-order valence-corrected chi connectivity index (χ4v) is 3.23. The van der Waals surface area contributed by atoms with Crippen molar-refractivity contribution in [1.29, 1.82) is 0 Å². The molecule has 0 radical (unpaired) electrons. The lowest BCUT2D eigenvalue weighted by Crippen LogP contribution is -2.30. The first-order valence-corrected chi connectivity index (χ1v) is 9.88. The smallest absolute Gasteiger partial charge is 0.406 e. The Bertz CT molecular complexity index is 1260. The Kier molecular flexibility index (Phi) is 5.91. The second-order valence-corrected chi connectivity index (χ2v) is 7.31. The molecular weight excluding hydrogens is 437 g/mol. The molecule has 33 heavy (non-hydrogen) atoms. The van der Waals surface area contributed by atoms with Crippen LogP contribution >= 0.6 is 0 Å². The predicted molar refractivity (Wildman–Crippen MR) is 114 cm³/mol. The highest BCUT2D eigenvalue weighted by atomic mass is 19.4. The number of hydrogen-bond donors (Lipinski definition) is 0. The van der Waals surface area contributed by atoms with Gasteiger partial charge in [0.1, 0.15) is 18.0 Å². The van der Waals surface area contributed by atoms with Crippen LogP contribution in [-0.2, 0) is 11.3 Å². The lowest BCUT2D eigenvalue weighted by Gasteiger charge is -2.18. The summed E-state index contributed by atoms with van der Waals surface area (Å²) in [6.45, 7) is 2.00. The summed E-state index contributed by atoms with van der Waals surface area (Å²) in [5, 5.41) is 3.90. The van der Waals surface area contributed by atoms with Crippen molar-refractivity contribution in [2.24, 2.45) is 0 Å². The Labute approximate surface area is 187 Å². The minimum Gasteiger partial charge on any atom is -0.406 e. The van der Waals surface area contributed by atoms with Gasteiger partial charge in [-0.15, -0.1) is 13.2 Å². The van der Waals surface area contributed by atoms with Crippen LogP contribution in [0.1, 0.15) is 5.56 Å². The van der Waals surface area contributed by atoms with E-state index >= 15 is 0 Å². The number of anilines is 1. The topological polar surface area (TPSA) is 73.4 Å². The number of hydrogen-bond acceptors (Lipinski definition) is 5. The Morgan fingerprint density at radius 2 is 1.88 bits per heavy atom. The largest absolute Gasteiger partial charge is 0.573 e. The molecule has 0 saturated carbocycles. The molecule has 170 valence electrons. The number of amides is 1. The van der Waals surface area contributed by atoms with Gasteiger partial charge in [-0.25, -0.2) is 0 Å². The van der Waals surface area contributed by atoms with Crippen LogP contribution < -0.4 is 9.64 Å². The molecule has 10 heteroatoms. The zero-order chi connectivity index (χ0) is 23.6. The van der Waals surface area contributed by atoms with Gasteiger partial charge >= 0.3 is 6.36 Å². The van der Waals surface area contributed by atoms with E-state index in [9.17, 15) is 18.0 Å². The molecule has 0 aliphatic rings. The quantitative estimate of drug-likeness (QED) is 0.405. The van der Waals surface area contributed by atoms with Gasteiger partial charge in [-0.1, -0.05) is 17.3 Å². The van der Waals surface area contributed by atoms with Crippen LogP contribution in [0.25, 0.3) is 23.0 Å². The van der Waals surface area contributed by atoms with E-state index in [0.29, 0.717) is 11.3 Å². The van der Waals surface area contributed by atoms with Gasteiger partial charge < -0.3 is 18.7 Å². The number of likely N-dealkylation sites (N-methyl/N-ethyl adjacent to an activating group) is 1. The molecule has 4 rings (SSSR count). The van der Waals surface area contributed by atoms with Crippen molar-refractivity contribution < 1.29 is 27.2 Å². The summed E-state index contributed by atoms with van der Waals surface area (Å²) in [7, 11) is 1.71. The van der Waals surface area contributed by atoms with Crippen molar-refractivity contribution >= 4 is 11.6 Å². The van der Waals surface area contributed by atoms with Crippen molar-refractivity contribution in [3.63, 3.8) is 0 Å². The number of rotatable bonds is 6. The number of carbonyl (C=O) groups is 1. The van der Waals surface area contributed by atoms with Crippen LogP contribution in [-0.4, -0.2) is 34.0 Å². The zero-order valence-electron chi connectivity index (χ0n) is 17.7. The van der Waals surface area contributed by atoms with Gasteiger partial charge in [0, 0.05) is 24.5 Å². The normalized spacial score (nSPS) is 11.4. The number of carbonyl (C=O) groups excluding carboxylic acids is 1. The summed E-state index contributed by atoms with van der Waals surface area (Å²) >= 11 is 0. The monoisotopic (exact) mass is 456 g/mol. The third-order valence-electron chi connectivity index (χ3n) is 4.89. The molecule has 2 aromatic heterocycles. The first-order valence-electron chi connectivity index (χ1n) is 9.88. The Morgan fingerprint density at radius 3 is 2.58 bits per heavy atom. The van der Waals surface area contributed by atoms with E-state index in [1.807, 2.05) is 31.2 Å². The highest BCUT2D eigenvalue weighted by Crippen LogP contribution is 2.27. The van der Waals surface area contributed by atoms with Gasteiger partial charge in [-0.3, -0.25) is 4.79 Å². The maximum absolute atomic E-state index is 12.8. The summed E-state index contributed by atoms with van der Waals surface area (Å²) in [4.78, 5) is 18.7. The Hall–Kier alpha value is -4.08. The van der Waals surface area contributed by atoms with E-state index in [1.54, 1.807) is 34.8 Å². The molecule has 0 aliphatic heterocycles. The molecule has 2 heterocycles. The molecule has 0 aliphatic carbocycles. The van der Waals surface area contributed by atoms with Gasteiger partial charge in [0.2, 0.25) is 11.7 Å². The number of alkyl halides is 3. The zero-order valence-corrected chi connectivity index (χ0v) is 17.7. The van der Waals surface area contributed by atoms with E-state index in [4.69, 9.17) is 4.52 Å². The molecule has 0 N–H and O–H groups in total. The number of benzene rings is 2. The lowest BCUT2D eigenvalue weighted by atomic mass is 10.2. The molecule has 1 amide bonds. The van der Waals surface area contributed by atoms with Crippen molar-refractivity contribution in [3.8, 4) is 28.7 Å². The first-order chi connectivity index (χ1) is 15.7. The van der Waals surface area contributed by atoms with Crippen LogP contribution in [0.5, 0.6) is 5.75 Å². The second-order valence-electron chi connectivity index (χ2n) is 7.31. The average molecular weight is 456 g/mol. The van der Waals surface area contributed by atoms with Crippen LogP contribution in [0.15, 0.2) is 71.4 Å². The minimum atomic E-state index is -4.77. The van der Waals surface area contributed by atoms with Crippen LogP contribution in [0.3, 0.4) is 0 Å². The van der Waals surface area contributed by atoms with Crippen molar-refractivity contribution in [3.05, 3.63) is 72.4 Å². The molecule has 0 fully saturated rings. The lowest BCUT2D eigenvalue weighted by molar-refractivity contribution is -0.274. The van der Waals surface area contributed by atoms with Gasteiger partial charge in [0.25, 0.3) is 5.89 Å². The second kappa shape index (κ2) is 8.81. The van der Waals surface area contributed by atoms with Gasteiger partial charge in [0.05, 0.1) is 0 Å². The van der Waals surface area contributed by atoms with Crippen LogP contribution in [0, 0.1) is 6.92 Å². The molecule has 7 nitrogen and oxygen atoms in total. The van der Waals surface area contributed by atoms with E-state index < -0.39 is 6.36 Å². The average Bonchev–Trinajstić information content (AvgIpc) is 3.42. The van der Waals surface area contributed by atoms with Gasteiger partial charge in [-0.2, -0.15) is 4.98 Å². The summed E-state index contributed by atoms with van der Waals surface area (Å²) in [6.07, 6.45) is -3.04. The summed E-state index contributed by atoms with van der Waals surface area (Å²) in [5.74, 6) is -0.116. The molecule has 0 saturated heterocycles. The van der Waals surface area contributed by atoms with E-state index in [-0.39, 0.29) is 29.9 Å². The maximum Gasteiger partial charge on any atom is 0.573 e. The molecule has 0 bridgehead atoms. The van der Waals surface area contributed by atoms with Crippen LogP contribution in [0.2, 0.25) is 0 Å². The summed E-state index contributed by atoms with van der Waals surface area (Å²) < 4.78 is 47.9. The van der Waals surface area contributed by atoms with Crippen LogP contribution in [0.4, 0.5) is 18.9 Å². The maximum atomic E-state index is 12.8. The number of aromatic nitrogens is 3. The highest BCUT2D eigenvalue weighted by Gasteiger charge is 2.31. The molecule has 2 aromatic carbocycles. The molecule has 4 aromatic rings. The van der Waals surface area contributed by atoms with Crippen molar-refractivity contribution in [2.75, 3.05) is 11.9 Å². The van der Waals surface area contributed by atoms with Crippen molar-refractivity contribution in [2.45, 2.75) is 19.8 Å². The Morgan fingerprint density at radius 1 is 1.12 bits per heavy atom. The molecule has 0 spiro atoms. The minimum absolute atomic E-state index is 0.0496. The Balaban J connectivity index is 1.50. The molecule has 0 unspecified atom stereocenters. The fraction of sp³-hybridized carbons (Fsp3) is 0.174. The number of aryl methyl sites for hydroxylation is 1. The summed E-state index contributed by atoms with van der Waals surface area (Å²) in [5.41, 5.74) is 2.82. The van der Waals surface area contributed by atoms with Crippen molar-refractivity contribution in [1.82, 2.24) is 14.7 Å². The summed E-state index contributed by atoms with van der Waals surface area (Å²) in [6, 6.07) is 16.2. The SMILES string of the molecule is Cc1cccc(N(C)C(=O)Cn2cccc2-c2nc(-c3ccc(OC(F)(F)F)cc3)no2)c1. The first kappa shape index (κ1) is 22.1. The number of halogens is 3. The standard InChI is InChI=1S/C23H19F3N4O3/c1-15-5-3-6-17(13-15)29(2)20(31)14-30-12-4-7-19(30)22-27-21(28-33-22)16-8-10-18(11-9-16)32-23(24,25)26/h3-13H,14H2,1-2H3. The predicted octanol–water partition coefficient (Wildman–Crippen LogP) is 5.08. The van der Waals surface area contributed by atoms with E-state index in [1.165, 1.54) is 24.3 Å². The fourth-order valence-electron chi connectivity index (χ4n) is 3.23.